The molecule has 0 heterocycles. The Morgan fingerprint density at radius 3 is 2.56 bits per heavy atom. The van der Waals surface area contributed by atoms with Gasteiger partial charge in [0.25, 0.3) is 5.91 Å². The number of amides is 1. The van der Waals surface area contributed by atoms with Gasteiger partial charge in [0.1, 0.15) is 5.75 Å². The summed E-state index contributed by atoms with van der Waals surface area (Å²) in [5.74, 6) is -0.168. The summed E-state index contributed by atoms with van der Waals surface area (Å²) >= 11 is 3.38. The van der Waals surface area contributed by atoms with E-state index in [4.69, 9.17) is 9.47 Å². The Morgan fingerprint density at radius 1 is 1.08 bits per heavy atom. The van der Waals surface area contributed by atoms with Gasteiger partial charge in [-0.1, -0.05) is 18.2 Å². The van der Waals surface area contributed by atoms with Gasteiger partial charge in [-0.3, -0.25) is 9.59 Å². The third kappa shape index (κ3) is 6.58. The minimum atomic E-state index is -0.481. The highest BCUT2D eigenvalue weighted by Gasteiger charge is 2.10. The highest BCUT2D eigenvalue weighted by atomic mass is 79.9. The maximum absolute atomic E-state index is 11.8. The van der Waals surface area contributed by atoms with Crippen LogP contribution < -0.4 is 10.1 Å². The number of esters is 1. The summed E-state index contributed by atoms with van der Waals surface area (Å²) in [4.78, 5) is 23.5. The largest absolute Gasteiger partial charge is 0.493 e. The van der Waals surface area contributed by atoms with Gasteiger partial charge < -0.3 is 14.8 Å². The summed E-state index contributed by atoms with van der Waals surface area (Å²) in [7, 11) is 0. The molecule has 132 valence electrons. The van der Waals surface area contributed by atoms with Gasteiger partial charge >= 0.3 is 5.97 Å². The van der Waals surface area contributed by atoms with Gasteiger partial charge in [-0.2, -0.15) is 0 Å². The number of aryl methyl sites for hydroxylation is 2. The van der Waals surface area contributed by atoms with Crippen molar-refractivity contribution >= 4 is 33.5 Å². The van der Waals surface area contributed by atoms with Crippen LogP contribution in [-0.2, 0) is 14.3 Å². The summed E-state index contributed by atoms with van der Waals surface area (Å²) in [6.07, 6.45) is 0.0788. The first-order chi connectivity index (χ1) is 11.9. The van der Waals surface area contributed by atoms with E-state index in [0.29, 0.717) is 11.4 Å². The monoisotopic (exact) mass is 405 g/mol. The van der Waals surface area contributed by atoms with Crippen LogP contribution in [0.3, 0.4) is 0 Å². The van der Waals surface area contributed by atoms with Crippen molar-refractivity contribution in [3.8, 4) is 5.75 Å². The maximum atomic E-state index is 11.8. The average molecular weight is 406 g/mol. The molecule has 0 aliphatic rings. The normalized spacial score (nSPS) is 10.2. The molecule has 2 aromatic carbocycles. The lowest BCUT2D eigenvalue weighted by Gasteiger charge is -2.09. The van der Waals surface area contributed by atoms with Crippen molar-refractivity contribution in [3.05, 3.63) is 58.1 Å². The van der Waals surface area contributed by atoms with Gasteiger partial charge in [-0.15, -0.1) is 0 Å². The number of hydrogen-bond acceptors (Lipinski definition) is 4. The third-order valence-electron chi connectivity index (χ3n) is 3.33. The van der Waals surface area contributed by atoms with E-state index in [1.54, 1.807) is 6.07 Å². The highest BCUT2D eigenvalue weighted by Crippen LogP contribution is 2.23. The number of carbonyl (C=O) groups is 2. The topological polar surface area (TPSA) is 64.6 Å². The third-order valence-corrected chi connectivity index (χ3v) is 3.98. The van der Waals surface area contributed by atoms with Crippen molar-refractivity contribution in [2.75, 3.05) is 18.5 Å². The zero-order chi connectivity index (χ0) is 18.2. The number of benzene rings is 2. The van der Waals surface area contributed by atoms with Crippen molar-refractivity contribution in [3.63, 3.8) is 0 Å². The summed E-state index contributed by atoms with van der Waals surface area (Å²) < 4.78 is 11.2. The predicted molar refractivity (Wildman–Crippen MR) is 99.8 cm³/mol. The summed E-state index contributed by atoms with van der Waals surface area (Å²) in [6.45, 7) is 3.79. The van der Waals surface area contributed by atoms with Gasteiger partial charge in [0.05, 0.1) is 18.7 Å². The summed E-state index contributed by atoms with van der Waals surface area (Å²) in [6, 6.07) is 13.1. The number of carbonyl (C=O) groups excluding carboxylic acids is 2. The van der Waals surface area contributed by atoms with Crippen molar-refractivity contribution in [1.82, 2.24) is 0 Å². The van der Waals surface area contributed by atoms with Crippen LogP contribution in [-0.4, -0.2) is 25.1 Å². The molecule has 0 fully saturated rings. The second-order valence-electron chi connectivity index (χ2n) is 5.61. The van der Waals surface area contributed by atoms with Crippen LogP contribution in [0, 0.1) is 13.8 Å². The molecular formula is C19H20BrNO4. The zero-order valence-electron chi connectivity index (χ0n) is 14.2. The number of halogens is 1. The molecule has 0 bridgehead atoms. The quantitative estimate of drug-likeness (QED) is 0.706. The van der Waals surface area contributed by atoms with E-state index in [-0.39, 0.29) is 19.6 Å². The molecule has 0 aliphatic carbocycles. The lowest BCUT2D eigenvalue weighted by molar-refractivity contribution is -0.147. The number of rotatable bonds is 7. The second kappa shape index (κ2) is 9.22. The van der Waals surface area contributed by atoms with E-state index < -0.39 is 11.9 Å². The molecular weight excluding hydrogens is 386 g/mol. The summed E-state index contributed by atoms with van der Waals surface area (Å²) in [5, 5.41) is 2.69. The first kappa shape index (κ1) is 19.0. The van der Waals surface area contributed by atoms with E-state index in [1.807, 2.05) is 50.2 Å². The van der Waals surface area contributed by atoms with Gasteiger partial charge in [0.15, 0.2) is 6.61 Å². The molecule has 25 heavy (non-hydrogen) atoms. The predicted octanol–water partition coefficient (Wildman–Crippen LogP) is 4.02. The Bertz CT molecular complexity index is 761. The molecule has 2 rings (SSSR count). The van der Waals surface area contributed by atoms with Crippen LogP contribution in [0.2, 0.25) is 0 Å². The van der Waals surface area contributed by atoms with Gasteiger partial charge in [-0.05, 0) is 65.2 Å². The van der Waals surface area contributed by atoms with E-state index in [2.05, 4.69) is 21.2 Å². The maximum Gasteiger partial charge on any atom is 0.309 e. The SMILES string of the molecule is Cc1cccc(OCCC(=O)OCC(=O)Nc2ccc(C)cc2Br)c1. The Morgan fingerprint density at radius 2 is 1.84 bits per heavy atom. The molecule has 0 radical (unpaired) electrons. The fraction of sp³-hybridized carbons (Fsp3) is 0.263. The molecule has 6 heteroatoms. The van der Waals surface area contributed by atoms with Crippen LogP contribution >= 0.6 is 15.9 Å². The van der Waals surface area contributed by atoms with Crippen molar-refractivity contribution in [1.29, 1.82) is 0 Å². The minimum Gasteiger partial charge on any atom is -0.493 e. The zero-order valence-corrected chi connectivity index (χ0v) is 15.8. The Labute approximate surface area is 155 Å². The van der Waals surface area contributed by atoms with Gasteiger partial charge in [0, 0.05) is 4.47 Å². The van der Waals surface area contributed by atoms with Crippen LogP contribution in [0.1, 0.15) is 17.5 Å². The molecule has 0 unspecified atom stereocenters. The van der Waals surface area contributed by atoms with Gasteiger partial charge in [-0.25, -0.2) is 0 Å². The van der Waals surface area contributed by atoms with Crippen molar-refractivity contribution < 1.29 is 19.1 Å². The van der Waals surface area contributed by atoms with Crippen LogP contribution in [0.15, 0.2) is 46.9 Å². The fourth-order valence-electron chi connectivity index (χ4n) is 2.08. The Kier molecular flexibility index (Phi) is 7.01. The first-order valence-electron chi connectivity index (χ1n) is 7.85. The smallest absolute Gasteiger partial charge is 0.309 e. The fourth-order valence-corrected chi connectivity index (χ4v) is 2.68. The number of hydrogen-bond donors (Lipinski definition) is 1. The van der Waals surface area contributed by atoms with Gasteiger partial charge in [0.2, 0.25) is 0 Å². The van der Waals surface area contributed by atoms with E-state index in [9.17, 15) is 9.59 Å². The Hall–Kier alpha value is -2.34. The molecule has 1 amide bonds. The lowest BCUT2D eigenvalue weighted by atomic mass is 10.2. The van der Waals surface area contributed by atoms with Crippen LogP contribution in [0.25, 0.3) is 0 Å². The number of nitrogens with one attached hydrogen (secondary N) is 1. The molecule has 0 atom stereocenters. The molecule has 2 aromatic rings. The van der Waals surface area contributed by atoms with Crippen molar-refractivity contribution in [2.45, 2.75) is 20.3 Å². The first-order valence-corrected chi connectivity index (χ1v) is 8.64. The average Bonchev–Trinajstić information content (AvgIpc) is 2.56. The van der Waals surface area contributed by atoms with E-state index >= 15 is 0 Å². The Balaban J connectivity index is 1.69. The second-order valence-corrected chi connectivity index (χ2v) is 6.46. The van der Waals surface area contributed by atoms with E-state index in [0.717, 1.165) is 15.6 Å². The lowest BCUT2D eigenvalue weighted by Crippen LogP contribution is -2.21. The number of anilines is 1. The molecule has 0 aromatic heterocycles. The summed E-state index contributed by atoms with van der Waals surface area (Å²) in [5.41, 5.74) is 2.79. The molecule has 5 nitrogen and oxygen atoms in total. The number of ether oxygens (including phenoxy) is 2. The van der Waals surface area contributed by atoms with Crippen LogP contribution in [0.4, 0.5) is 5.69 Å². The standard InChI is InChI=1S/C19H20BrNO4/c1-13-4-3-5-15(10-13)24-9-8-19(23)25-12-18(22)21-17-7-6-14(2)11-16(17)20/h3-7,10-11H,8-9,12H2,1-2H3,(H,21,22). The van der Waals surface area contributed by atoms with Crippen molar-refractivity contribution in [2.24, 2.45) is 0 Å². The van der Waals surface area contributed by atoms with E-state index in [1.165, 1.54) is 0 Å². The minimum absolute atomic E-state index is 0.0788. The molecule has 0 spiro atoms. The van der Waals surface area contributed by atoms with Crippen LogP contribution in [0.5, 0.6) is 5.75 Å². The molecule has 0 saturated heterocycles. The molecule has 1 N–H and O–H groups in total. The highest BCUT2D eigenvalue weighted by molar-refractivity contribution is 9.10. The molecule has 0 aliphatic heterocycles. The molecule has 0 saturated carbocycles.